The van der Waals surface area contributed by atoms with Crippen LogP contribution in [0.1, 0.15) is 29.0 Å². The van der Waals surface area contributed by atoms with Crippen molar-refractivity contribution in [3.05, 3.63) is 64.1 Å². The van der Waals surface area contributed by atoms with Crippen LogP contribution in [0.15, 0.2) is 48.0 Å². The van der Waals surface area contributed by atoms with Gasteiger partial charge in [0.25, 0.3) is 0 Å². The Balaban J connectivity index is 1.59. The van der Waals surface area contributed by atoms with Crippen molar-refractivity contribution in [1.82, 2.24) is 15.0 Å². The lowest BCUT2D eigenvalue weighted by Crippen LogP contribution is -2.05. The van der Waals surface area contributed by atoms with Crippen LogP contribution in [-0.4, -0.2) is 15.0 Å². The molecule has 0 bridgehead atoms. The predicted octanol–water partition coefficient (Wildman–Crippen LogP) is 5.20. The van der Waals surface area contributed by atoms with E-state index in [9.17, 15) is 0 Å². The number of aromatic nitrogens is 3. The summed E-state index contributed by atoms with van der Waals surface area (Å²) in [6.45, 7) is 2.00. The summed E-state index contributed by atoms with van der Waals surface area (Å²) in [5.74, 6) is 0.735. The molecule has 3 aromatic heterocycles. The van der Waals surface area contributed by atoms with E-state index in [4.69, 9.17) is 4.98 Å². The zero-order chi connectivity index (χ0) is 16.1. The molecule has 3 heterocycles. The molecular formula is C19H15N3S2. The third-order valence-corrected chi connectivity index (χ3v) is 6.84. The lowest BCUT2D eigenvalue weighted by Gasteiger charge is -2.13. The first kappa shape index (κ1) is 14.3. The summed E-state index contributed by atoms with van der Waals surface area (Å²) in [4.78, 5) is 16.3. The van der Waals surface area contributed by atoms with Gasteiger partial charge in [-0.1, -0.05) is 30.3 Å². The van der Waals surface area contributed by atoms with Crippen LogP contribution in [0, 0.1) is 6.92 Å². The van der Waals surface area contributed by atoms with Crippen molar-refractivity contribution in [3.8, 4) is 10.8 Å². The number of hydrogen-bond donors (Lipinski definition) is 0. The zero-order valence-electron chi connectivity index (χ0n) is 13.2. The van der Waals surface area contributed by atoms with Crippen LogP contribution >= 0.6 is 22.7 Å². The van der Waals surface area contributed by atoms with Gasteiger partial charge in [0.15, 0.2) is 10.8 Å². The molecule has 0 atom stereocenters. The molecule has 24 heavy (non-hydrogen) atoms. The molecule has 1 saturated carbocycles. The van der Waals surface area contributed by atoms with Crippen LogP contribution in [0.2, 0.25) is 0 Å². The first-order valence-corrected chi connectivity index (χ1v) is 9.69. The van der Waals surface area contributed by atoms with E-state index in [-0.39, 0.29) is 5.41 Å². The van der Waals surface area contributed by atoms with E-state index in [2.05, 4.69) is 46.4 Å². The van der Waals surface area contributed by atoms with Gasteiger partial charge < -0.3 is 0 Å². The molecular weight excluding hydrogens is 334 g/mol. The first-order chi connectivity index (χ1) is 11.7. The largest absolute Gasteiger partial charge is 0.238 e. The van der Waals surface area contributed by atoms with E-state index in [1.165, 1.54) is 23.3 Å². The molecule has 0 radical (unpaired) electrons. The van der Waals surface area contributed by atoms with Crippen LogP contribution < -0.4 is 0 Å². The summed E-state index contributed by atoms with van der Waals surface area (Å²) in [5.41, 5.74) is 2.64. The number of aryl methyl sites for hydroxylation is 1. The highest BCUT2D eigenvalue weighted by atomic mass is 32.1. The monoisotopic (exact) mass is 349 g/mol. The third-order valence-electron chi connectivity index (χ3n) is 4.63. The second-order valence-corrected chi connectivity index (χ2v) is 8.20. The van der Waals surface area contributed by atoms with Crippen molar-refractivity contribution in [2.75, 3.05) is 0 Å². The SMILES string of the molecule is Cc1csc(-c2ncc3cc(C4(c5ccccc5)CC4)sc3n2)n1. The highest BCUT2D eigenvalue weighted by Crippen LogP contribution is 2.56. The molecule has 1 aliphatic rings. The number of benzene rings is 1. The Morgan fingerprint density at radius 1 is 1.08 bits per heavy atom. The van der Waals surface area contributed by atoms with Crippen LogP contribution in [-0.2, 0) is 5.41 Å². The molecule has 5 heteroatoms. The molecule has 0 unspecified atom stereocenters. The maximum absolute atomic E-state index is 4.77. The fraction of sp³-hybridized carbons (Fsp3) is 0.211. The van der Waals surface area contributed by atoms with Crippen LogP contribution in [0.4, 0.5) is 0 Å². The smallest absolute Gasteiger partial charge is 0.190 e. The molecule has 0 aliphatic heterocycles. The maximum Gasteiger partial charge on any atom is 0.190 e. The molecule has 0 N–H and O–H groups in total. The zero-order valence-corrected chi connectivity index (χ0v) is 14.8. The normalized spacial score (nSPS) is 15.7. The quantitative estimate of drug-likeness (QED) is 0.510. The minimum absolute atomic E-state index is 0.199. The fourth-order valence-electron chi connectivity index (χ4n) is 3.19. The molecule has 4 aromatic rings. The lowest BCUT2D eigenvalue weighted by molar-refractivity contribution is 0.872. The standard InChI is InChI=1S/C19H15N3S2/c1-12-11-23-18(21-12)16-20-10-13-9-15(24-17(13)22-16)19(7-8-19)14-5-3-2-4-6-14/h2-6,9-11H,7-8H2,1H3. The van der Waals surface area contributed by atoms with Gasteiger partial charge in [0.2, 0.25) is 0 Å². The fourth-order valence-corrected chi connectivity index (χ4v) is 5.19. The summed E-state index contributed by atoms with van der Waals surface area (Å²) < 4.78 is 0. The summed E-state index contributed by atoms with van der Waals surface area (Å²) >= 11 is 3.40. The van der Waals surface area contributed by atoms with E-state index in [0.29, 0.717) is 0 Å². The van der Waals surface area contributed by atoms with Gasteiger partial charge in [-0.2, -0.15) is 0 Å². The number of hydrogen-bond acceptors (Lipinski definition) is 5. The third kappa shape index (κ3) is 2.19. The molecule has 5 rings (SSSR count). The van der Waals surface area contributed by atoms with Gasteiger partial charge in [0, 0.05) is 32.9 Å². The minimum atomic E-state index is 0.199. The summed E-state index contributed by atoms with van der Waals surface area (Å²) in [6.07, 6.45) is 4.38. The Hall–Kier alpha value is -2.11. The van der Waals surface area contributed by atoms with Crippen LogP contribution in [0.3, 0.4) is 0 Å². The Morgan fingerprint density at radius 3 is 2.62 bits per heavy atom. The van der Waals surface area contributed by atoms with Crippen molar-refractivity contribution < 1.29 is 0 Å². The molecule has 118 valence electrons. The number of fused-ring (bicyclic) bond motifs is 1. The lowest BCUT2D eigenvalue weighted by atomic mass is 9.94. The van der Waals surface area contributed by atoms with Crippen molar-refractivity contribution >= 4 is 32.9 Å². The van der Waals surface area contributed by atoms with Gasteiger partial charge in [-0.25, -0.2) is 15.0 Å². The van der Waals surface area contributed by atoms with Gasteiger partial charge in [-0.15, -0.1) is 22.7 Å². The van der Waals surface area contributed by atoms with Gasteiger partial charge >= 0.3 is 0 Å². The molecule has 1 fully saturated rings. The maximum atomic E-state index is 4.77. The Kier molecular flexibility index (Phi) is 3.08. The molecule has 3 nitrogen and oxygen atoms in total. The van der Waals surface area contributed by atoms with Crippen molar-refractivity contribution in [1.29, 1.82) is 0 Å². The van der Waals surface area contributed by atoms with E-state index in [1.807, 2.05) is 18.5 Å². The Labute approximate surface area is 148 Å². The van der Waals surface area contributed by atoms with E-state index in [0.717, 1.165) is 26.7 Å². The molecule has 1 aliphatic carbocycles. The van der Waals surface area contributed by atoms with Gasteiger partial charge in [0.1, 0.15) is 4.83 Å². The highest BCUT2D eigenvalue weighted by Gasteiger charge is 2.47. The average Bonchev–Trinajstić information content (AvgIpc) is 3.13. The minimum Gasteiger partial charge on any atom is -0.238 e. The first-order valence-electron chi connectivity index (χ1n) is 8.00. The summed E-state index contributed by atoms with van der Waals surface area (Å²) in [6, 6.07) is 13.1. The number of thiazole rings is 1. The predicted molar refractivity (Wildman–Crippen MR) is 99.7 cm³/mol. The molecule has 0 amide bonds. The Bertz CT molecular complexity index is 1030. The van der Waals surface area contributed by atoms with Crippen LogP contribution in [0.25, 0.3) is 21.0 Å². The van der Waals surface area contributed by atoms with Gasteiger partial charge in [0.05, 0.1) is 0 Å². The second-order valence-electron chi connectivity index (χ2n) is 6.31. The van der Waals surface area contributed by atoms with E-state index < -0.39 is 0 Å². The topological polar surface area (TPSA) is 38.7 Å². The summed E-state index contributed by atoms with van der Waals surface area (Å²) in [7, 11) is 0. The van der Waals surface area contributed by atoms with Crippen molar-refractivity contribution in [2.45, 2.75) is 25.2 Å². The summed E-state index contributed by atoms with van der Waals surface area (Å²) in [5, 5.41) is 4.07. The molecule has 1 aromatic carbocycles. The number of thiophene rings is 1. The Morgan fingerprint density at radius 2 is 1.92 bits per heavy atom. The highest BCUT2D eigenvalue weighted by molar-refractivity contribution is 7.18. The van der Waals surface area contributed by atoms with Crippen molar-refractivity contribution in [2.24, 2.45) is 0 Å². The number of rotatable bonds is 3. The average molecular weight is 349 g/mol. The molecule has 0 spiro atoms. The van der Waals surface area contributed by atoms with E-state index >= 15 is 0 Å². The number of nitrogens with zero attached hydrogens (tertiary/aromatic N) is 3. The van der Waals surface area contributed by atoms with Gasteiger partial charge in [-0.05, 0) is 31.4 Å². The van der Waals surface area contributed by atoms with Gasteiger partial charge in [-0.3, -0.25) is 0 Å². The molecule has 0 saturated heterocycles. The van der Waals surface area contributed by atoms with Crippen molar-refractivity contribution in [3.63, 3.8) is 0 Å². The van der Waals surface area contributed by atoms with E-state index in [1.54, 1.807) is 22.7 Å². The van der Waals surface area contributed by atoms with Crippen LogP contribution in [0.5, 0.6) is 0 Å². The second kappa shape index (κ2) is 5.19.